The van der Waals surface area contributed by atoms with Crippen LogP contribution in [-0.2, 0) is 22.7 Å². The first kappa shape index (κ1) is 20.5. The Balaban J connectivity index is 1.91. The summed E-state index contributed by atoms with van der Waals surface area (Å²) in [4.78, 5) is 13.6. The highest BCUT2D eigenvalue weighted by Gasteiger charge is 2.30. The van der Waals surface area contributed by atoms with Crippen LogP contribution in [0.25, 0.3) is 0 Å². The molecule has 26 heavy (non-hydrogen) atoms. The van der Waals surface area contributed by atoms with E-state index in [2.05, 4.69) is 5.32 Å². The van der Waals surface area contributed by atoms with Crippen LogP contribution in [0.4, 0.5) is 18.0 Å². The first-order chi connectivity index (χ1) is 12.0. The summed E-state index contributed by atoms with van der Waals surface area (Å²) in [7, 11) is -1.77. The number of hydrogen-bond acceptors (Lipinski definition) is 3. The third kappa shape index (κ3) is 5.60. The molecule has 1 unspecified atom stereocenters. The Hall–Kier alpha value is -1.81. The number of amides is 2. The largest absolute Gasteiger partial charge is 0.416 e. The van der Waals surface area contributed by atoms with Gasteiger partial charge >= 0.3 is 12.2 Å². The zero-order chi connectivity index (χ0) is 19.5. The fraction of sp³-hybridized carbons (Fsp3) is 0.562. The van der Waals surface area contributed by atoms with Gasteiger partial charge in [0.25, 0.3) is 0 Å². The molecule has 0 aliphatic carbocycles. The summed E-state index contributed by atoms with van der Waals surface area (Å²) in [6, 6.07) is 3.93. The number of carbonyl (C=O) groups excluding carboxylic acids is 1. The van der Waals surface area contributed by atoms with E-state index in [1.807, 2.05) is 0 Å². The van der Waals surface area contributed by atoms with E-state index >= 15 is 0 Å². The molecule has 2 rings (SSSR count). The number of nitrogens with one attached hydrogen (secondary N) is 1. The van der Waals surface area contributed by atoms with Crippen LogP contribution in [0.1, 0.15) is 24.0 Å². The van der Waals surface area contributed by atoms with Gasteiger partial charge in [0.15, 0.2) is 0 Å². The number of nitrogens with zero attached hydrogens (tertiary/aromatic N) is 2. The van der Waals surface area contributed by atoms with Gasteiger partial charge in [0.1, 0.15) is 0 Å². The summed E-state index contributed by atoms with van der Waals surface area (Å²) in [6.07, 6.45) is -1.94. The Morgan fingerprint density at radius 3 is 2.46 bits per heavy atom. The Morgan fingerprint density at radius 1 is 1.31 bits per heavy atom. The van der Waals surface area contributed by atoms with E-state index in [9.17, 15) is 26.4 Å². The average molecular weight is 393 g/mol. The molecule has 1 aliphatic rings. The zero-order valence-corrected chi connectivity index (χ0v) is 15.4. The van der Waals surface area contributed by atoms with Crippen molar-refractivity contribution >= 4 is 16.1 Å². The predicted octanol–water partition coefficient (Wildman–Crippen LogP) is 2.27. The molecule has 146 valence electrons. The van der Waals surface area contributed by atoms with E-state index in [1.165, 1.54) is 28.4 Å². The number of piperidine rings is 1. The zero-order valence-electron chi connectivity index (χ0n) is 14.6. The molecule has 1 fully saturated rings. The molecule has 10 heteroatoms. The van der Waals surface area contributed by atoms with Gasteiger partial charge in [0, 0.05) is 32.7 Å². The topological polar surface area (TPSA) is 69.7 Å². The lowest BCUT2D eigenvalue weighted by molar-refractivity contribution is -0.137. The normalized spacial score (nSPS) is 19.2. The van der Waals surface area contributed by atoms with E-state index in [-0.39, 0.29) is 19.1 Å². The molecule has 1 atom stereocenters. The number of halogens is 3. The molecular weight excluding hydrogens is 371 g/mol. The van der Waals surface area contributed by atoms with Crippen molar-refractivity contribution in [2.45, 2.75) is 31.6 Å². The highest BCUT2D eigenvalue weighted by molar-refractivity contribution is 7.88. The van der Waals surface area contributed by atoms with Crippen LogP contribution in [0, 0.1) is 0 Å². The lowest BCUT2D eigenvalue weighted by Crippen LogP contribution is -2.51. The molecule has 1 N–H and O–H groups in total. The van der Waals surface area contributed by atoms with Crippen molar-refractivity contribution in [3.63, 3.8) is 0 Å². The van der Waals surface area contributed by atoms with E-state index in [1.54, 1.807) is 0 Å². The average Bonchev–Trinajstić information content (AvgIpc) is 2.54. The highest BCUT2D eigenvalue weighted by atomic mass is 32.2. The second-order valence-corrected chi connectivity index (χ2v) is 8.44. The number of sulfonamides is 1. The molecular formula is C16H22F3N3O3S. The third-order valence-electron chi connectivity index (χ3n) is 4.23. The number of carbonyl (C=O) groups is 1. The minimum Gasteiger partial charge on any atom is -0.334 e. The van der Waals surface area contributed by atoms with Gasteiger partial charge in [-0.25, -0.2) is 17.5 Å². The van der Waals surface area contributed by atoms with Gasteiger partial charge in [0.05, 0.1) is 11.8 Å². The summed E-state index contributed by atoms with van der Waals surface area (Å²) < 4.78 is 62.3. The number of hydrogen-bond donors (Lipinski definition) is 1. The van der Waals surface area contributed by atoms with Gasteiger partial charge in [-0.3, -0.25) is 0 Å². The van der Waals surface area contributed by atoms with Gasteiger partial charge in [-0.1, -0.05) is 12.1 Å². The van der Waals surface area contributed by atoms with Gasteiger partial charge < -0.3 is 10.2 Å². The van der Waals surface area contributed by atoms with Crippen LogP contribution in [0.5, 0.6) is 0 Å². The van der Waals surface area contributed by atoms with E-state index in [0.29, 0.717) is 24.9 Å². The van der Waals surface area contributed by atoms with E-state index in [0.717, 1.165) is 18.4 Å². The summed E-state index contributed by atoms with van der Waals surface area (Å²) in [6.45, 7) is 0.803. The molecule has 1 heterocycles. The molecule has 0 radical (unpaired) electrons. The molecule has 1 aromatic rings. The minimum absolute atomic E-state index is 0.145. The maximum atomic E-state index is 12.6. The Kier molecular flexibility index (Phi) is 6.17. The summed E-state index contributed by atoms with van der Waals surface area (Å²) in [5.74, 6) is 0. The second-order valence-electron chi connectivity index (χ2n) is 6.46. The van der Waals surface area contributed by atoms with Crippen LogP contribution < -0.4 is 5.32 Å². The predicted molar refractivity (Wildman–Crippen MR) is 90.9 cm³/mol. The number of alkyl halides is 3. The maximum Gasteiger partial charge on any atom is 0.416 e. The van der Waals surface area contributed by atoms with Gasteiger partial charge in [-0.2, -0.15) is 13.2 Å². The molecule has 0 saturated carbocycles. The van der Waals surface area contributed by atoms with Crippen molar-refractivity contribution in [1.29, 1.82) is 0 Å². The third-order valence-corrected chi connectivity index (χ3v) is 5.50. The van der Waals surface area contributed by atoms with Crippen LogP contribution >= 0.6 is 0 Å². The minimum atomic E-state index is -4.39. The van der Waals surface area contributed by atoms with Crippen LogP contribution in [0.3, 0.4) is 0 Å². The van der Waals surface area contributed by atoms with Crippen LogP contribution in [0.15, 0.2) is 24.3 Å². The lowest BCUT2D eigenvalue weighted by Gasteiger charge is -2.32. The van der Waals surface area contributed by atoms with E-state index < -0.39 is 27.8 Å². The summed E-state index contributed by atoms with van der Waals surface area (Å²) >= 11 is 0. The summed E-state index contributed by atoms with van der Waals surface area (Å²) in [5, 5.41) is 2.78. The molecule has 0 aromatic heterocycles. The van der Waals surface area contributed by atoms with Gasteiger partial charge in [0.2, 0.25) is 10.0 Å². The highest BCUT2D eigenvalue weighted by Crippen LogP contribution is 2.29. The van der Waals surface area contributed by atoms with Crippen molar-refractivity contribution < 1.29 is 26.4 Å². The quantitative estimate of drug-likeness (QED) is 0.853. The molecule has 0 spiro atoms. The first-order valence-corrected chi connectivity index (χ1v) is 9.94. The van der Waals surface area contributed by atoms with Crippen molar-refractivity contribution in [2.24, 2.45) is 0 Å². The fourth-order valence-electron chi connectivity index (χ4n) is 2.79. The molecule has 1 saturated heterocycles. The Morgan fingerprint density at radius 2 is 1.92 bits per heavy atom. The Labute approximate surface area is 151 Å². The molecule has 2 amide bonds. The monoisotopic (exact) mass is 393 g/mol. The smallest absolute Gasteiger partial charge is 0.334 e. The van der Waals surface area contributed by atoms with Crippen molar-refractivity contribution in [1.82, 2.24) is 14.5 Å². The lowest BCUT2D eigenvalue weighted by atomic mass is 10.1. The first-order valence-electron chi connectivity index (χ1n) is 8.09. The molecule has 1 aromatic carbocycles. The Bertz CT molecular complexity index is 735. The van der Waals surface area contributed by atoms with Gasteiger partial charge in [-0.15, -0.1) is 0 Å². The molecule has 1 aliphatic heterocycles. The van der Waals surface area contributed by atoms with Crippen molar-refractivity contribution in [2.75, 3.05) is 26.4 Å². The van der Waals surface area contributed by atoms with Gasteiger partial charge in [-0.05, 0) is 30.5 Å². The summed E-state index contributed by atoms with van der Waals surface area (Å²) in [5.41, 5.74) is -0.173. The van der Waals surface area contributed by atoms with Crippen molar-refractivity contribution in [3.8, 4) is 0 Å². The fourth-order valence-corrected chi connectivity index (χ4v) is 3.70. The molecule has 6 nitrogen and oxygen atoms in total. The SMILES string of the molecule is CN(Cc1ccc(C(F)(F)F)cc1)C(=O)NC1CCCN(S(C)(=O)=O)C1. The van der Waals surface area contributed by atoms with Crippen molar-refractivity contribution in [3.05, 3.63) is 35.4 Å². The molecule has 0 bridgehead atoms. The number of rotatable bonds is 4. The number of benzene rings is 1. The maximum absolute atomic E-state index is 12.6. The van der Waals surface area contributed by atoms with E-state index in [4.69, 9.17) is 0 Å². The number of urea groups is 1. The van der Waals surface area contributed by atoms with Crippen LogP contribution in [-0.4, -0.2) is 56.1 Å². The second kappa shape index (κ2) is 7.83. The van der Waals surface area contributed by atoms with Crippen LogP contribution in [0.2, 0.25) is 0 Å². The standard InChI is InChI=1S/C16H22F3N3O3S/c1-21(10-12-5-7-13(8-6-12)16(17,18)19)15(23)20-14-4-3-9-22(11-14)26(2,24)25/h5-8,14H,3-4,9-11H2,1-2H3,(H,20,23).